The lowest BCUT2D eigenvalue weighted by molar-refractivity contribution is -0.120. The Bertz CT molecular complexity index is 879. The third-order valence-corrected chi connectivity index (χ3v) is 6.73. The maximum Gasteiger partial charge on any atom is 0.229 e. The fourth-order valence-corrected chi connectivity index (χ4v) is 4.73. The second-order valence-electron chi connectivity index (χ2n) is 9.12. The molecule has 3 fully saturated rings. The van der Waals surface area contributed by atoms with Gasteiger partial charge in [0.05, 0.1) is 12.1 Å². The Balaban J connectivity index is 1.17. The zero-order chi connectivity index (χ0) is 21.0. The maximum absolute atomic E-state index is 13.0. The smallest absolute Gasteiger partial charge is 0.229 e. The van der Waals surface area contributed by atoms with Crippen LogP contribution >= 0.6 is 0 Å². The van der Waals surface area contributed by atoms with Crippen molar-refractivity contribution >= 4 is 23.1 Å². The number of amides is 1. The summed E-state index contributed by atoms with van der Waals surface area (Å²) >= 11 is 0. The molecule has 1 amide bonds. The van der Waals surface area contributed by atoms with Crippen molar-refractivity contribution in [3.63, 3.8) is 0 Å². The van der Waals surface area contributed by atoms with Crippen molar-refractivity contribution in [3.05, 3.63) is 42.9 Å². The summed E-state index contributed by atoms with van der Waals surface area (Å²) in [6.07, 6.45) is 9.88. The van der Waals surface area contributed by atoms with Gasteiger partial charge in [0, 0.05) is 69.6 Å². The van der Waals surface area contributed by atoms with E-state index in [0.29, 0.717) is 6.54 Å². The van der Waals surface area contributed by atoms with E-state index in [1.165, 1.54) is 25.1 Å². The fourth-order valence-electron chi connectivity index (χ4n) is 4.73. The van der Waals surface area contributed by atoms with Crippen molar-refractivity contribution in [3.8, 4) is 0 Å². The predicted octanol–water partition coefficient (Wildman–Crippen LogP) is 2.86. The maximum atomic E-state index is 13.0. The molecule has 2 saturated heterocycles. The third-order valence-electron chi connectivity index (χ3n) is 6.73. The molecule has 1 unspecified atom stereocenters. The van der Waals surface area contributed by atoms with Crippen LogP contribution in [-0.2, 0) is 4.79 Å². The minimum atomic E-state index is -0.0367. The average molecular weight is 421 g/mol. The molecule has 0 radical (unpaired) electrons. The highest BCUT2D eigenvalue weighted by Gasteiger charge is 2.28. The molecule has 0 bridgehead atoms. The first-order valence-electron chi connectivity index (χ1n) is 11.6. The highest BCUT2D eigenvalue weighted by atomic mass is 16.1. The first kappa shape index (κ1) is 20.2. The first-order valence-corrected chi connectivity index (χ1v) is 11.6. The molecule has 1 aliphatic carbocycles. The molecule has 2 aliphatic heterocycles. The molecule has 164 valence electrons. The van der Waals surface area contributed by atoms with Crippen molar-refractivity contribution in [2.45, 2.75) is 25.7 Å². The molecule has 0 spiro atoms. The summed E-state index contributed by atoms with van der Waals surface area (Å²) in [5.41, 5.74) is 2.09. The fraction of sp³-hybridized carbons (Fsp3) is 0.542. The van der Waals surface area contributed by atoms with Crippen molar-refractivity contribution in [2.24, 2.45) is 11.8 Å². The van der Waals surface area contributed by atoms with Crippen molar-refractivity contribution in [1.29, 1.82) is 0 Å². The Hall–Kier alpha value is -2.67. The van der Waals surface area contributed by atoms with Gasteiger partial charge in [-0.3, -0.25) is 14.7 Å². The standard InChI is InChI=1S/C24H32N6O/c31-24(20-3-2-10-30(18-20)23-16-25-8-9-26-23)27-21-4-1-5-22(15-21)29-13-11-28(12-14-29)17-19-6-7-19/h1,4-5,8-9,15-16,19-20H,2-3,6-7,10-14,17-18H2,(H,27,31). The zero-order valence-electron chi connectivity index (χ0n) is 18.1. The van der Waals surface area contributed by atoms with Crippen LogP contribution in [-0.4, -0.2) is 66.6 Å². The number of rotatable bonds is 6. The van der Waals surface area contributed by atoms with E-state index in [-0.39, 0.29) is 11.8 Å². The summed E-state index contributed by atoms with van der Waals surface area (Å²) in [4.78, 5) is 28.7. The Morgan fingerprint density at radius 3 is 2.68 bits per heavy atom. The molecular formula is C24H32N6O. The third kappa shape index (κ3) is 5.15. The van der Waals surface area contributed by atoms with Crippen molar-refractivity contribution in [1.82, 2.24) is 14.9 Å². The van der Waals surface area contributed by atoms with Gasteiger partial charge >= 0.3 is 0 Å². The van der Waals surface area contributed by atoms with E-state index in [1.54, 1.807) is 18.6 Å². The van der Waals surface area contributed by atoms with E-state index in [1.807, 2.05) is 12.1 Å². The predicted molar refractivity (Wildman–Crippen MR) is 123 cm³/mol. The Morgan fingerprint density at radius 2 is 1.90 bits per heavy atom. The molecule has 7 heteroatoms. The van der Waals surface area contributed by atoms with Gasteiger partial charge in [-0.25, -0.2) is 4.98 Å². The highest BCUT2D eigenvalue weighted by Crippen LogP contribution is 2.30. The van der Waals surface area contributed by atoms with Crippen LogP contribution in [0.3, 0.4) is 0 Å². The lowest BCUT2D eigenvalue weighted by Gasteiger charge is -2.36. The van der Waals surface area contributed by atoms with E-state index < -0.39 is 0 Å². The number of benzene rings is 1. The number of aromatic nitrogens is 2. The Kier molecular flexibility index (Phi) is 6.02. The summed E-state index contributed by atoms with van der Waals surface area (Å²) in [5, 5.41) is 3.17. The number of hydrogen-bond donors (Lipinski definition) is 1. The highest BCUT2D eigenvalue weighted by molar-refractivity contribution is 5.93. The number of carbonyl (C=O) groups excluding carboxylic acids is 1. The molecule has 1 atom stereocenters. The van der Waals surface area contributed by atoms with Crippen LogP contribution in [0.15, 0.2) is 42.9 Å². The summed E-state index contributed by atoms with van der Waals surface area (Å²) in [5.74, 6) is 1.86. The number of piperidine rings is 1. The molecule has 1 saturated carbocycles. The SMILES string of the molecule is O=C(Nc1cccc(N2CCN(CC3CC3)CC2)c1)C1CCCN(c2cnccn2)C1. The van der Waals surface area contributed by atoms with Gasteiger partial charge in [-0.15, -0.1) is 0 Å². The minimum Gasteiger partial charge on any atom is -0.369 e. The van der Waals surface area contributed by atoms with E-state index >= 15 is 0 Å². The van der Waals surface area contributed by atoms with E-state index in [4.69, 9.17) is 0 Å². The molecule has 5 rings (SSSR count). The first-order chi connectivity index (χ1) is 15.2. The molecule has 1 aromatic carbocycles. The lowest BCUT2D eigenvalue weighted by atomic mass is 9.97. The molecule has 3 aliphatic rings. The van der Waals surface area contributed by atoms with Crippen LogP contribution in [0.4, 0.5) is 17.2 Å². The van der Waals surface area contributed by atoms with Crippen LogP contribution in [0.2, 0.25) is 0 Å². The van der Waals surface area contributed by atoms with Gasteiger partial charge in [0.1, 0.15) is 5.82 Å². The van der Waals surface area contributed by atoms with Gasteiger partial charge in [0.25, 0.3) is 0 Å². The van der Waals surface area contributed by atoms with Gasteiger partial charge < -0.3 is 15.1 Å². The van der Waals surface area contributed by atoms with E-state index in [0.717, 1.165) is 63.0 Å². The zero-order valence-corrected chi connectivity index (χ0v) is 18.1. The second kappa shape index (κ2) is 9.22. The topological polar surface area (TPSA) is 64.6 Å². The second-order valence-corrected chi connectivity index (χ2v) is 9.12. The minimum absolute atomic E-state index is 0.0367. The van der Waals surface area contributed by atoms with Gasteiger partial charge in [-0.1, -0.05) is 6.07 Å². The van der Waals surface area contributed by atoms with Crippen LogP contribution in [0.25, 0.3) is 0 Å². The van der Waals surface area contributed by atoms with Crippen molar-refractivity contribution < 1.29 is 4.79 Å². The largest absolute Gasteiger partial charge is 0.369 e. The number of anilines is 3. The van der Waals surface area contributed by atoms with Gasteiger partial charge in [0.15, 0.2) is 0 Å². The van der Waals surface area contributed by atoms with E-state index in [9.17, 15) is 4.79 Å². The summed E-state index contributed by atoms with van der Waals surface area (Å²) < 4.78 is 0. The van der Waals surface area contributed by atoms with Gasteiger partial charge in [-0.05, 0) is 49.8 Å². The Morgan fingerprint density at radius 1 is 1.03 bits per heavy atom. The number of nitrogens with zero attached hydrogens (tertiary/aromatic N) is 5. The number of nitrogens with one attached hydrogen (secondary N) is 1. The number of hydrogen-bond acceptors (Lipinski definition) is 6. The van der Waals surface area contributed by atoms with Crippen LogP contribution < -0.4 is 15.1 Å². The van der Waals surface area contributed by atoms with Crippen LogP contribution in [0.1, 0.15) is 25.7 Å². The summed E-state index contributed by atoms with van der Waals surface area (Å²) in [6, 6.07) is 8.32. The average Bonchev–Trinajstić information content (AvgIpc) is 3.64. The van der Waals surface area contributed by atoms with Crippen molar-refractivity contribution in [2.75, 3.05) is 60.9 Å². The quantitative estimate of drug-likeness (QED) is 0.775. The summed E-state index contributed by atoms with van der Waals surface area (Å²) in [6.45, 7) is 7.26. The Labute approximate surface area is 184 Å². The molecule has 3 heterocycles. The van der Waals surface area contributed by atoms with E-state index in [2.05, 4.69) is 42.1 Å². The normalized spacial score (nSPS) is 22.4. The lowest BCUT2D eigenvalue weighted by Crippen LogP contribution is -2.47. The number of piperazine rings is 1. The summed E-state index contributed by atoms with van der Waals surface area (Å²) in [7, 11) is 0. The number of carbonyl (C=O) groups is 1. The van der Waals surface area contributed by atoms with Gasteiger partial charge in [0.2, 0.25) is 5.91 Å². The molecule has 1 N–H and O–H groups in total. The molecule has 2 aromatic rings. The molecule has 7 nitrogen and oxygen atoms in total. The molecule has 1 aromatic heterocycles. The monoisotopic (exact) mass is 420 g/mol. The van der Waals surface area contributed by atoms with Crippen LogP contribution in [0.5, 0.6) is 0 Å². The van der Waals surface area contributed by atoms with Crippen LogP contribution in [0, 0.1) is 11.8 Å². The molecular weight excluding hydrogens is 388 g/mol. The molecule has 31 heavy (non-hydrogen) atoms. The van der Waals surface area contributed by atoms with Gasteiger partial charge in [-0.2, -0.15) is 0 Å².